The van der Waals surface area contributed by atoms with Crippen LogP contribution < -0.4 is 4.74 Å². The zero-order chi connectivity index (χ0) is 10.3. The summed E-state index contributed by atoms with van der Waals surface area (Å²) in [6.07, 6.45) is 6.25. The first-order chi connectivity index (χ1) is 7.34. The van der Waals surface area contributed by atoms with Crippen molar-refractivity contribution in [2.75, 3.05) is 13.7 Å². The summed E-state index contributed by atoms with van der Waals surface area (Å²) in [4.78, 5) is 6.51. The molecule has 3 atom stereocenters. The molecule has 3 heteroatoms. The van der Waals surface area contributed by atoms with Crippen molar-refractivity contribution < 1.29 is 4.74 Å². The number of hydrogen-bond donors (Lipinski definition) is 0. The Labute approximate surface area is 90.1 Å². The topological polar surface area (TPSA) is 25.4 Å². The SMILES string of the molecule is CN1[C@H](COc2cccnc2)C[C@H]2C[C@@H]21. The minimum absolute atomic E-state index is 0.606. The number of nitrogens with zero attached hydrogens (tertiary/aromatic N) is 2. The highest BCUT2D eigenvalue weighted by molar-refractivity contribution is 5.15. The average molecular weight is 204 g/mol. The normalized spacial score (nSPS) is 33.8. The van der Waals surface area contributed by atoms with Crippen LogP contribution in [0.25, 0.3) is 0 Å². The summed E-state index contributed by atoms with van der Waals surface area (Å²) >= 11 is 0. The molecule has 15 heavy (non-hydrogen) atoms. The number of likely N-dealkylation sites (N-methyl/N-ethyl adjacent to an activating group) is 1. The first kappa shape index (κ1) is 9.16. The molecular formula is C12H16N2O. The molecule has 2 fully saturated rings. The molecule has 1 aromatic heterocycles. The van der Waals surface area contributed by atoms with Crippen LogP contribution in [0.4, 0.5) is 0 Å². The molecule has 1 saturated carbocycles. The van der Waals surface area contributed by atoms with Gasteiger partial charge in [-0.25, -0.2) is 0 Å². The van der Waals surface area contributed by atoms with Crippen LogP contribution in [0.15, 0.2) is 24.5 Å². The third-order valence-corrected chi connectivity index (χ3v) is 3.64. The molecule has 3 rings (SSSR count). The fraction of sp³-hybridized carbons (Fsp3) is 0.583. The smallest absolute Gasteiger partial charge is 0.137 e. The minimum Gasteiger partial charge on any atom is -0.490 e. The van der Waals surface area contributed by atoms with Gasteiger partial charge in [-0.1, -0.05) is 0 Å². The zero-order valence-electron chi connectivity index (χ0n) is 8.97. The molecule has 0 spiro atoms. The minimum atomic E-state index is 0.606. The number of pyridine rings is 1. The van der Waals surface area contributed by atoms with Crippen LogP contribution in [-0.2, 0) is 0 Å². The van der Waals surface area contributed by atoms with Crippen LogP contribution in [0.5, 0.6) is 5.75 Å². The number of fused-ring (bicyclic) bond motifs is 1. The van der Waals surface area contributed by atoms with Gasteiger partial charge in [-0.05, 0) is 37.9 Å². The summed E-state index contributed by atoms with van der Waals surface area (Å²) in [5.41, 5.74) is 0. The number of rotatable bonds is 3. The van der Waals surface area contributed by atoms with E-state index in [0.717, 1.165) is 24.3 Å². The van der Waals surface area contributed by atoms with Crippen molar-refractivity contribution in [1.29, 1.82) is 0 Å². The highest BCUT2D eigenvalue weighted by Gasteiger charge is 2.50. The van der Waals surface area contributed by atoms with Crippen molar-refractivity contribution in [3.05, 3.63) is 24.5 Å². The van der Waals surface area contributed by atoms with E-state index in [4.69, 9.17) is 4.74 Å². The molecule has 0 unspecified atom stereocenters. The second-order valence-corrected chi connectivity index (χ2v) is 4.62. The van der Waals surface area contributed by atoms with E-state index in [-0.39, 0.29) is 0 Å². The molecule has 1 aromatic rings. The lowest BCUT2D eigenvalue weighted by Crippen LogP contribution is -2.33. The maximum Gasteiger partial charge on any atom is 0.137 e. The van der Waals surface area contributed by atoms with E-state index in [1.807, 2.05) is 12.1 Å². The van der Waals surface area contributed by atoms with Gasteiger partial charge in [0, 0.05) is 18.3 Å². The van der Waals surface area contributed by atoms with Crippen LogP contribution in [0, 0.1) is 5.92 Å². The van der Waals surface area contributed by atoms with E-state index in [0.29, 0.717) is 6.04 Å². The summed E-state index contributed by atoms with van der Waals surface area (Å²) < 4.78 is 5.73. The van der Waals surface area contributed by atoms with Crippen LogP contribution in [-0.4, -0.2) is 35.6 Å². The van der Waals surface area contributed by atoms with Crippen molar-refractivity contribution in [2.24, 2.45) is 5.92 Å². The Morgan fingerprint density at radius 1 is 1.53 bits per heavy atom. The lowest BCUT2D eigenvalue weighted by atomic mass is 10.2. The molecular weight excluding hydrogens is 188 g/mol. The van der Waals surface area contributed by atoms with E-state index in [9.17, 15) is 0 Å². The molecule has 0 N–H and O–H groups in total. The Bertz CT molecular complexity index is 341. The Kier molecular flexibility index (Phi) is 2.13. The van der Waals surface area contributed by atoms with Gasteiger partial charge in [0.2, 0.25) is 0 Å². The predicted molar refractivity (Wildman–Crippen MR) is 57.8 cm³/mol. The van der Waals surface area contributed by atoms with Crippen molar-refractivity contribution >= 4 is 0 Å². The van der Waals surface area contributed by atoms with Gasteiger partial charge < -0.3 is 4.74 Å². The fourth-order valence-electron chi connectivity index (χ4n) is 2.58. The molecule has 0 bridgehead atoms. The van der Waals surface area contributed by atoms with Gasteiger partial charge in [0.05, 0.1) is 6.20 Å². The fourth-order valence-corrected chi connectivity index (χ4v) is 2.58. The molecule has 0 aromatic carbocycles. The van der Waals surface area contributed by atoms with Crippen molar-refractivity contribution in [3.63, 3.8) is 0 Å². The Hall–Kier alpha value is -1.09. The van der Waals surface area contributed by atoms with E-state index in [2.05, 4.69) is 16.9 Å². The Morgan fingerprint density at radius 2 is 2.47 bits per heavy atom. The summed E-state index contributed by atoms with van der Waals surface area (Å²) in [6, 6.07) is 5.33. The number of ether oxygens (including phenoxy) is 1. The Balaban J connectivity index is 1.54. The Morgan fingerprint density at radius 3 is 3.13 bits per heavy atom. The number of aromatic nitrogens is 1. The molecule has 1 saturated heterocycles. The average Bonchev–Trinajstić information content (AvgIpc) is 2.98. The van der Waals surface area contributed by atoms with Crippen LogP contribution in [0.2, 0.25) is 0 Å². The van der Waals surface area contributed by atoms with Gasteiger partial charge in [0.15, 0.2) is 0 Å². The molecule has 0 amide bonds. The molecule has 2 aliphatic rings. The largest absolute Gasteiger partial charge is 0.490 e. The summed E-state index contributed by atoms with van der Waals surface area (Å²) in [5, 5.41) is 0. The van der Waals surface area contributed by atoms with Gasteiger partial charge in [-0.2, -0.15) is 0 Å². The quantitative estimate of drug-likeness (QED) is 0.747. The number of hydrogen-bond acceptors (Lipinski definition) is 3. The first-order valence-electron chi connectivity index (χ1n) is 5.59. The van der Waals surface area contributed by atoms with Crippen LogP contribution in [0.1, 0.15) is 12.8 Å². The zero-order valence-corrected chi connectivity index (χ0v) is 8.97. The highest BCUT2D eigenvalue weighted by Crippen LogP contribution is 2.46. The molecule has 3 nitrogen and oxygen atoms in total. The van der Waals surface area contributed by atoms with Gasteiger partial charge in [0.25, 0.3) is 0 Å². The molecule has 0 radical (unpaired) electrons. The van der Waals surface area contributed by atoms with Gasteiger partial charge in [0.1, 0.15) is 12.4 Å². The highest BCUT2D eigenvalue weighted by atomic mass is 16.5. The third kappa shape index (κ3) is 1.72. The summed E-state index contributed by atoms with van der Waals surface area (Å²) in [6.45, 7) is 0.801. The lowest BCUT2D eigenvalue weighted by molar-refractivity contribution is 0.176. The second-order valence-electron chi connectivity index (χ2n) is 4.62. The summed E-state index contributed by atoms with van der Waals surface area (Å²) in [7, 11) is 2.22. The van der Waals surface area contributed by atoms with E-state index in [1.54, 1.807) is 12.4 Å². The predicted octanol–water partition coefficient (Wildman–Crippen LogP) is 1.55. The molecule has 2 heterocycles. The monoisotopic (exact) mass is 204 g/mol. The van der Waals surface area contributed by atoms with Gasteiger partial charge in [-0.15, -0.1) is 0 Å². The van der Waals surface area contributed by atoms with E-state index < -0.39 is 0 Å². The van der Waals surface area contributed by atoms with E-state index >= 15 is 0 Å². The molecule has 1 aliphatic carbocycles. The van der Waals surface area contributed by atoms with Crippen molar-refractivity contribution in [3.8, 4) is 5.75 Å². The maximum atomic E-state index is 5.73. The first-order valence-corrected chi connectivity index (χ1v) is 5.59. The van der Waals surface area contributed by atoms with Crippen molar-refractivity contribution in [2.45, 2.75) is 24.9 Å². The van der Waals surface area contributed by atoms with E-state index in [1.165, 1.54) is 12.8 Å². The van der Waals surface area contributed by atoms with Gasteiger partial charge in [-0.3, -0.25) is 9.88 Å². The number of piperidine rings is 1. The second kappa shape index (κ2) is 3.49. The third-order valence-electron chi connectivity index (χ3n) is 3.64. The van der Waals surface area contributed by atoms with Gasteiger partial charge >= 0.3 is 0 Å². The van der Waals surface area contributed by atoms with Crippen molar-refractivity contribution in [1.82, 2.24) is 9.88 Å². The maximum absolute atomic E-state index is 5.73. The van der Waals surface area contributed by atoms with Crippen LogP contribution in [0.3, 0.4) is 0 Å². The summed E-state index contributed by atoms with van der Waals surface area (Å²) in [5.74, 6) is 1.84. The lowest BCUT2D eigenvalue weighted by Gasteiger charge is -2.22. The molecule has 1 aliphatic heterocycles. The van der Waals surface area contributed by atoms with Crippen LogP contribution >= 0.6 is 0 Å². The standard InChI is InChI=1S/C12H16N2O/c1-14-10(5-9-6-12(9)14)8-15-11-3-2-4-13-7-11/h2-4,7,9-10,12H,5-6,8H2,1H3/t9-,10-,12-/m0/s1. The molecule has 80 valence electrons. The number of likely N-dealkylation sites (tertiary alicyclic amines) is 1.